The standard InChI is InChI=1S/C2H3ClO2S/c1-2(4)5-6-3/h1H3. The molecule has 0 spiro atoms. The van der Waals surface area contributed by atoms with Gasteiger partial charge in [0.15, 0.2) is 11.3 Å². The summed E-state index contributed by atoms with van der Waals surface area (Å²) in [7, 11) is 4.87. The molecule has 0 heterocycles. The van der Waals surface area contributed by atoms with Gasteiger partial charge in [-0.3, -0.25) is 4.79 Å². The Morgan fingerprint density at radius 2 is 2.50 bits per heavy atom. The van der Waals surface area contributed by atoms with E-state index in [1.165, 1.54) is 6.92 Å². The number of halogens is 1. The molecule has 0 fully saturated rings. The summed E-state index contributed by atoms with van der Waals surface area (Å²) >= 11 is 0.532. The van der Waals surface area contributed by atoms with Gasteiger partial charge in [0.05, 0.1) is 0 Å². The molecular weight excluding hydrogens is 124 g/mol. The van der Waals surface area contributed by atoms with Crippen molar-refractivity contribution in [3.63, 3.8) is 0 Å². The van der Waals surface area contributed by atoms with Crippen LogP contribution in [0.15, 0.2) is 0 Å². The predicted octanol–water partition coefficient (Wildman–Crippen LogP) is 1.35. The summed E-state index contributed by atoms with van der Waals surface area (Å²) in [6, 6.07) is 0. The van der Waals surface area contributed by atoms with Crippen LogP contribution in [0.25, 0.3) is 0 Å². The zero-order valence-electron chi connectivity index (χ0n) is 3.10. The topological polar surface area (TPSA) is 26.3 Å². The van der Waals surface area contributed by atoms with Gasteiger partial charge in [0.25, 0.3) is 0 Å². The van der Waals surface area contributed by atoms with Crippen LogP contribution in [-0.4, -0.2) is 5.97 Å². The van der Waals surface area contributed by atoms with Crippen molar-refractivity contribution in [1.82, 2.24) is 0 Å². The molecule has 4 heteroatoms. The molecule has 0 aliphatic heterocycles. The van der Waals surface area contributed by atoms with E-state index >= 15 is 0 Å². The van der Waals surface area contributed by atoms with Gasteiger partial charge in [0, 0.05) is 17.6 Å². The van der Waals surface area contributed by atoms with E-state index in [2.05, 4.69) is 4.18 Å². The fourth-order valence-corrected chi connectivity index (χ4v) is 0.399. The lowest BCUT2D eigenvalue weighted by molar-refractivity contribution is -0.130. The zero-order valence-corrected chi connectivity index (χ0v) is 4.68. The molecule has 0 aromatic heterocycles. The third kappa shape index (κ3) is 4.11. The lowest BCUT2D eigenvalue weighted by atomic mass is 10.9. The second-order valence-electron chi connectivity index (χ2n) is 0.638. The van der Waals surface area contributed by atoms with Gasteiger partial charge in [-0.1, -0.05) is 0 Å². The van der Waals surface area contributed by atoms with Gasteiger partial charge in [-0.15, -0.1) is 0 Å². The van der Waals surface area contributed by atoms with Gasteiger partial charge < -0.3 is 4.18 Å². The lowest BCUT2D eigenvalue weighted by Gasteiger charge is -1.83. The number of hydrogen-bond donors (Lipinski definition) is 0. The summed E-state index contributed by atoms with van der Waals surface area (Å²) in [5.74, 6) is -0.380. The summed E-state index contributed by atoms with van der Waals surface area (Å²) in [4.78, 5) is 9.72. The Kier molecular flexibility index (Phi) is 3.37. The highest BCUT2D eigenvalue weighted by Gasteiger charge is 1.85. The minimum atomic E-state index is -0.380. The molecular formula is C2H3ClO2S. The molecule has 0 aromatic carbocycles. The van der Waals surface area contributed by atoms with Crippen LogP contribution in [0, 0.1) is 0 Å². The van der Waals surface area contributed by atoms with Crippen LogP contribution in [0.5, 0.6) is 0 Å². The Balaban J connectivity index is 2.83. The molecule has 36 valence electrons. The Hall–Kier alpha value is 0.110. The molecule has 0 amide bonds. The molecule has 0 atom stereocenters. The molecule has 0 aliphatic carbocycles. The first-order valence-electron chi connectivity index (χ1n) is 1.23. The number of hydrogen-bond acceptors (Lipinski definition) is 3. The van der Waals surface area contributed by atoms with E-state index in [9.17, 15) is 4.79 Å². The minimum Gasteiger partial charge on any atom is -0.374 e. The highest BCUT2D eigenvalue weighted by atomic mass is 35.7. The van der Waals surface area contributed by atoms with E-state index in [0.29, 0.717) is 11.3 Å². The minimum absolute atomic E-state index is 0.380. The molecule has 0 bridgehead atoms. The van der Waals surface area contributed by atoms with Gasteiger partial charge in [0.1, 0.15) is 0 Å². The maximum atomic E-state index is 9.72. The lowest BCUT2D eigenvalue weighted by Crippen LogP contribution is -1.84. The number of rotatable bonds is 1. The van der Waals surface area contributed by atoms with Gasteiger partial charge in [-0.25, -0.2) is 0 Å². The first kappa shape index (κ1) is 6.11. The summed E-state index contributed by atoms with van der Waals surface area (Å²) in [5, 5.41) is 0. The summed E-state index contributed by atoms with van der Waals surface area (Å²) in [6.45, 7) is 1.29. The molecule has 0 radical (unpaired) electrons. The number of carbonyl (C=O) groups is 1. The third-order valence-corrected chi connectivity index (χ3v) is 0.636. The fraction of sp³-hybridized carbons (Fsp3) is 0.500. The van der Waals surface area contributed by atoms with Crippen molar-refractivity contribution in [2.45, 2.75) is 6.92 Å². The van der Waals surface area contributed by atoms with E-state index < -0.39 is 0 Å². The van der Waals surface area contributed by atoms with Crippen LogP contribution in [0.1, 0.15) is 6.92 Å². The number of carbonyl (C=O) groups excluding carboxylic acids is 1. The van der Waals surface area contributed by atoms with Crippen LogP contribution < -0.4 is 0 Å². The maximum Gasteiger partial charge on any atom is 0.315 e. The van der Waals surface area contributed by atoms with Crippen molar-refractivity contribution < 1.29 is 8.98 Å². The Bertz CT molecular complexity index is 55.5. The molecule has 0 N–H and O–H groups in total. The predicted molar refractivity (Wildman–Crippen MR) is 25.2 cm³/mol. The molecule has 0 aromatic rings. The van der Waals surface area contributed by atoms with Crippen LogP contribution in [-0.2, 0) is 8.98 Å². The highest BCUT2D eigenvalue weighted by Crippen LogP contribution is 2.06. The first-order valence-corrected chi connectivity index (χ1v) is 2.80. The Labute approximate surface area is 44.5 Å². The van der Waals surface area contributed by atoms with Crippen molar-refractivity contribution in [3.8, 4) is 0 Å². The average molecular weight is 127 g/mol. The molecule has 0 rings (SSSR count). The van der Waals surface area contributed by atoms with Crippen LogP contribution >= 0.6 is 21.9 Å². The SMILES string of the molecule is CC(=O)OSCl. The average Bonchev–Trinajstić information content (AvgIpc) is 1.35. The summed E-state index contributed by atoms with van der Waals surface area (Å²) in [5.41, 5.74) is 0. The van der Waals surface area contributed by atoms with Crippen molar-refractivity contribution >= 4 is 27.9 Å². The summed E-state index contributed by atoms with van der Waals surface area (Å²) in [6.07, 6.45) is 0. The van der Waals surface area contributed by atoms with Gasteiger partial charge in [0.2, 0.25) is 0 Å². The van der Waals surface area contributed by atoms with Crippen molar-refractivity contribution in [2.75, 3.05) is 0 Å². The molecule has 0 saturated heterocycles. The van der Waals surface area contributed by atoms with Crippen LogP contribution in [0.4, 0.5) is 0 Å². The third-order valence-electron chi connectivity index (χ3n) is 0.149. The van der Waals surface area contributed by atoms with Gasteiger partial charge in [-0.2, -0.15) is 0 Å². The molecule has 0 aliphatic rings. The molecule has 6 heavy (non-hydrogen) atoms. The Morgan fingerprint density at radius 3 is 2.50 bits per heavy atom. The summed E-state index contributed by atoms with van der Waals surface area (Å²) < 4.78 is 4.08. The zero-order chi connectivity index (χ0) is 4.99. The van der Waals surface area contributed by atoms with Crippen molar-refractivity contribution in [3.05, 3.63) is 0 Å². The largest absolute Gasteiger partial charge is 0.374 e. The quantitative estimate of drug-likeness (QED) is 0.496. The Morgan fingerprint density at radius 1 is 2.00 bits per heavy atom. The maximum absolute atomic E-state index is 9.72. The van der Waals surface area contributed by atoms with E-state index in [4.69, 9.17) is 10.7 Å². The van der Waals surface area contributed by atoms with E-state index in [0.717, 1.165) is 0 Å². The highest BCUT2D eigenvalue weighted by molar-refractivity contribution is 8.17. The monoisotopic (exact) mass is 126 g/mol. The van der Waals surface area contributed by atoms with E-state index in [1.54, 1.807) is 0 Å². The van der Waals surface area contributed by atoms with Crippen molar-refractivity contribution in [1.29, 1.82) is 0 Å². The molecule has 2 nitrogen and oxygen atoms in total. The second-order valence-corrected chi connectivity index (χ2v) is 1.31. The van der Waals surface area contributed by atoms with Crippen molar-refractivity contribution in [2.24, 2.45) is 0 Å². The smallest absolute Gasteiger partial charge is 0.315 e. The molecule has 0 unspecified atom stereocenters. The normalized spacial score (nSPS) is 7.67. The second kappa shape index (κ2) is 3.31. The first-order chi connectivity index (χ1) is 2.77. The van der Waals surface area contributed by atoms with E-state index in [1.807, 2.05) is 0 Å². The molecule has 0 saturated carbocycles. The van der Waals surface area contributed by atoms with Gasteiger partial charge in [-0.05, 0) is 0 Å². The van der Waals surface area contributed by atoms with E-state index in [-0.39, 0.29) is 5.97 Å². The van der Waals surface area contributed by atoms with Crippen LogP contribution in [0.3, 0.4) is 0 Å². The van der Waals surface area contributed by atoms with Crippen LogP contribution in [0.2, 0.25) is 0 Å². The fourth-order valence-electron chi connectivity index (χ4n) is 0.0444. The van der Waals surface area contributed by atoms with Gasteiger partial charge >= 0.3 is 5.97 Å².